The summed E-state index contributed by atoms with van der Waals surface area (Å²) in [5.41, 5.74) is 0. The van der Waals surface area contributed by atoms with Crippen molar-refractivity contribution in [3.63, 3.8) is 0 Å². The maximum absolute atomic E-state index is 12.6. The highest BCUT2D eigenvalue weighted by Gasteiger charge is 2.15. The van der Waals surface area contributed by atoms with E-state index in [0.29, 0.717) is 19.0 Å². The smallest absolute Gasteiger partial charge is 0.141 e. The van der Waals surface area contributed by atoms with Gasteiger partial charge < -0.3 is 14.8 Å². The lowest BCUT2D eigenvalue weighted by Crippen LogP contribution is -2.15. The van der Waals surface area contributed by atoms with Crippen LogP contribution < -0.4 is 5.32 Å². The summed E-state index contributed by atoms with van der Waals surface area (Å²) in [6.07, 6.45) is 3.36. The minimum absolute atomic E-state index is 0.263. The molecule has 2 heterocycles. The van der Waals surface area contributed by atoms with E-state index in [1.165, 1.54) is 12.3 Å². The third kappa shape index (κ3) is 4.28. The predicted molar refractivity (Wildman–Crippen MR) is 62.5 cm³/mol. The summed E-state index contributed by atoms with van der Waals surface area (Å²) in [4.78, 5) is 3.91. The molecule has 0 radical (unpaired) electrons. The molecule has 1 aromatic rings. The Hall–Kier alpha value is -1.20. The topological polar surface area (TPSA) is 43.4 Å². The monoisotopic (exact) mass is 240 g/mol. The van der Waals surface area contributed by atoms with Gasteiger partial charge in [0.2, 0.25) is 0 Å². The zero-order chi connectivity index (χ0) is 11.9. The molecule has 1 aliphatic rings. The zero-order valence-electron chi connectivity index (χ0n) is 9.69. The van der Waals surface area contributed by atoms with Gasteiger partial charge in [-0.05, 0) is 25.0 Å². The molecule has 0 amide bonds. The van der Waals surface area contributed by atoms with Crippen molar-refractivity contribution in [2.45, 2.75) is 18.9 Å². The van der Waals surface area contributed by atoms with Crippen LogP contribution in [0.5, 0.6) is 0 Å². The van der Waals surface area contributed by atoms with Gasteiger partial charge in [0.05, 0.1) is 18.9 Å². The molecule has 0 aliphatic carbocycles. The maximum atomic E-state index is 12.6. The third-order valence-corrected chi connectivity index (χ3v) is 2.60. The van der Waals surface area contributed by atoms with Gasteiger partial charge in [-0.15, -0.1) is 0 Å². The van der Waals surface area contributed by atoms with E-state index in [4.69, 9.17) is 9.47 Å². The first-order valence-electron chi connectivity index (χ1n) is 5.89. The Balaban J connectivity index is 1.55. The van der Waals surface area contributed by atoms with Gasteiger partial charge in [-0.3, -0.25) is 0 Å². The molecule has 1 aromatic heterocycles. The van der Waals surface area contributed by atoms with Crippen molar-refractivity contribution in [2.24, 2.45) is 0 Å². The quantitative estimate of drug-likeness (QED) is 0.770. The average Bonchev–Trinajstić information content (AvgIpc) is 2.84. The molecule has 0 bridgehead atoms. The number of pyridine rings is 1. The van der Waals surface area contributed by atoms with Crippen molar-refractivity contribution < 1.29 is 13.9 Å². The van der Waals surface area contributed by atoms with E-state index in [1.807, 2.05) is 0 Å². The molecule has 0 saturated carbocycles. The molecule has 2 rings (SSSR count). The van der Waals surface area contributed by atoms with Crippen LogP contribution >= 0.6 is 0 Å². The fraction of sp³-hybridized carbons (Fsp3) is 0.583. The molecule has 4 nitrogen and oxygen atoms in total. The molecule has 1 atom stereocenters. The number of hydrogen-bond donors (Lipinski definition) is 1. The second-order valence-corrected chi connectivity index (χ2v) is 4.00. The highest BCUT2D eigenvalue weighted by Crippen LogP contribution is 2.08. The molecule has 0 unspecified atom stereocenters. The lowest BCUT2D eigenvalue weighted by atomic mass is 10.3. The van der Waals surface area contributed by atoms with Crippen molar-refractivity contribution >= 4 is 5.82 Å². The molecule has 0 aromatic carbocycles. The molecule has 94 valence electrons. The van der Waals surface area contributed by atoms with Gasteiger partial charge in [-0.2, -0.15) is 0 Å². The standard InChI is InChI=1S/C12H17FN2O2/c13-10-2-3-12(15-8-10)14-5-1-6-17-11-4-7-16-9-11/h2-3,8,11H,1,4-7,9H2,(H,14,15)/t11-/m1/s1. The first kappa shape index (κ1) is 12.3. The molecule has 1 saturated heterocycles. The van der Waals surface area contributed by atoms with Crippen LogP contribution in [0.2, 0.25) is 0 Å². The summed E-state index contributed by atoms with van der Waals surface area (Å²) >= 11 is 0. The molecule has 1 fully saturated rings. The fourth-order valence-electron chi connectivity index (χ4n) is 1.66. The van der Waals surface area contributed by atoms with Crippen molar-refractivity contribution in [1.29, 1.82) is 0 Å². The summed E-state index contributed by atoms with van der Waals surface area (Å²) in [5.74, 6) is 0.371. The van der Waals surface area contributed by atoms with Crippen molar-refractivity contribution in [3.05, 3.63) is 24.1 Å². The SMILES string of the molecule is Fc1ccc(NCCCO[C@@H]2CCOC2)nc1. The van der Waals surface area contributed by atoms with Crippen molar-refractivity contribution in [3.8, 4) is 0 Å². The van der Waals surface area contributed by atoms with Crippen LogP contribution in [0.25, 0.3) is 0 Å². The lowest BCUT2D eigenvalue weighted by molar-refractivity contribution is 0.0427. The zero-order valence-corrected chi connectivity index (χ0v) is 9.69. The summed E-state index contributed by atoms with van der Waals surface area (Å²) in [7, 11) is 0. The predicted octanol–water partition coefficient (Wildman–Crippen LogP) is 1.83. The van der Waals surface area contributed by atoms with Gasteiger partial charge in [0.15, 0.2) is 0 Å². The van der Waals surface area contributed by atoms with Gasteiger partial charge in [-0.25, -0.2) is 9.37 Å². The normalized spacial score (nSPS) is 19.5. The van der Waals surface area contributed by atoms with E-state index in [0.717, 1.165) is 26.0 Å². The average molecular weight is 240 g/mol. The number of rotatable bonds is 6. The molecule has 1 aliphatic heterocycles. The van der Waals surface area contributed by atoms with E-state index in [-0.39, 0.29) is 11.9 Å². The highest BCUT2D eigenvalue weighted by atomic mass is 19.1. The number of nitrogens with one attached hydrogen (secondary N) is 1. The summed E-state index contributed by atoms with van der Waals surface area (Å²) in [5, 5.41) is 3.11. The van der Waals surface area contributed by atoms with Crippen molar-refractivity contribution in [1.82, 2.24) is 4.98 Å². The molecular formula is C12H17FN2O2. The maximum Gasteiger partial charge on any atom is 0.141 e. The molecular weight excluding hydrogens is 223 g/mol. The van der Waals surface area contributed by atoms with Crippen LogP contribution in [0.15, 0.2) is 18.3 Å². The molecule has 5 heteroatoms. The Morgan fingerprint density at radius 2 is 2.47 bits per heavy atom. The van der Waals surface area contributed by atoms with Gasteiger partial charge in [0.25, 0.3) is 0 Å². The van der Waals surface area contributed by atoms with Crippen LogP contribution in [0.1, 0.15) is 12.8 Å². The first-order chi connectivity index (χ1) is 8.34. The fourth-order valence-corrected chi connectivity index (χ4v) is 1.66. The number of halogens is 1. The first-order valence-corrected chi connectivity index (χ1v) is 5.89. The lowest BCUT2D eigenvalue weighted by Gasteiger charge is -2.10. The van der Waals surface area contributed by atoms with Crippen molar-refractivity contribution in [2.75, 3.05) is 31.7 Å². The van der Waals surface area contributed by atoms with E-state index in [1.54, 1.807) is 6.07 Å². The van der Waals surface area contributed by atoms with Crippen LogP contribution in [0.3, 0.4) is 0 Å². The summed E-state index contributed by atoms with van der Waals surface area (Å²) in [6.45, 7) is 3.00. The molecule has 17 heavy (non-hydrogen) atoms. The Morgan fingerprint density at radius 1 is 1.53 bits per heavy atom. The number of hydrogen-bond acceptors (Lipinski definition) is 4. The Kier molecular flexibility index (Phi) is 4.70. The molecule has 1 N–H and O–H groups in total. The number of aromatic nitrogens is 1. The van der Waals surface area contributed by atoms with E-state index >= 15 is 0 Å². The second-order valence-electron chi connectivity index (χ2n) is 4.00. The number of anilines is 1. The highest BCUT2D eigenvalue weighted by molar-refractivity contribution is 5.33. The van der Waals surface area contributed by atoms with Gasteiger partial charge in [-0.1, -0.05) is 0 Å². The van der Waals surface area contributed by atoms with E-state index in [9.17, 15) is 4.39 Å². The second kappa shape index (κ2) is 6.51. The van der Waals surface area contributed by atoms with Gasteiger partial charge in [0, 0.05) is 19.8 Å². The van der Waals surface area contributed by atoms with Crippen LogP contribution in [0, 0.1) is 5.82 Å². The minimum Gasteiger partial charge on any atom is -0.379 e. The van der Waals surface area contributed by atoms with E-state index < -0.39 is 0 Å². The Bertz CT molecular complexity index is 326. The summed E-state index contributed by atoms with van der Waals surface area (Å²) < 4.78 is 23.4. The van der Waals surface area contributed by atoms with Crippen LogP contribution in [0.4, 0.5) is 10.2 Å². The Morgan fingerprint density at radius 3 is 3.18 bits per heavy atom. The van der Waals surface area contributed by atoms with Gasteiger partial charge in [0.1, 0.15) is 11.6 Å². The number of ether oxygens (including phenoxy) is 2. The van der Waals surface area contributed by atoms with Gasteiger partial charge >= 0.3 is 0 Å². The Labute approximate surface area is 100 Å². The third-order valence-electron chi connectivity index (χ3n) is 2.60. The minimum atomic E-state index is -0.319. The van der Waals surface area contributed by atoms with Crippen LogP contribution in [-0.4, -0.2) is 37.5 Å². The summed E-state index contributed by atoms with van der Waals surface area (Å²) in [6, 6.07) is 3.02. The largest absolute Gasteiger partial charge is 0.379 e. The molecule has 0 spiro atoms. The van der Waals surface area contributed by atoms with Crippen LogP contribution in [-0.2, 0) is 9.47 Å². The van der Waals surface area contributed by atoms with E-state index in [2.05, 4.69) is 10.3 Å². The number of nitrogens with zero attached hydrogens (tertiary/aromatic N) is 1.